The fourth-order valence-corrected chi connectivity index (χ4v) is 9.58. The number of fused-ring (bicyclic) bond motifs is 14. The lowest BCUT2D eigenvalue weighted by atomic mass is 9.82. The van der Waals surface area contributed by atoms with Crippen molar-refractivity contribution < 1.29 is 8.83 Å². The number of furan rings is 2. The topological polar surface area (TPSA) is 31.2 Å². The van der Waals surface area contributed by atoms with Crippen LogP contribution in [0, 0.1) is 6.92 Å². The van der Waals surface area contributed by atoms with Gasteiger partial charge < -0.3 is 13.4 Å². The van der Waals surface area contributed by atoms with E-state index < -0.39 is 0 Å². The van der Waals surface area contributed by atoms with E-state index in [1.807, 2.05) is 18.2 Å². The molecule has 13 rings (SSSR count). The van der Waals surface area contributed by atoms with E-state index >= 15 is 0 Å². The molecule has 61 heavy (non-hydrogen) atoms. The molecular formula is C58H47NO2. The second kappa shape index (κ2) is 15.2. The molecule has 296 valence electrons. The molecule has 0 unspecified atom stereocenters. The third-order valence-corrected chi connectivity index (χ3v) is 12.5. The summed E-state index contributed by atoms with van der Waals surface area (Å²) in [5.41, 5.74) is 19.7. The molecule has 3 nitrogen and oxygen atoms in total. The van der Waals surface area contributed by atoms with Gasteiger partial charge in [0.1, 0.15) is 22.3 Å². The number of rotatable bonds is 3. The van der Waals surface area contributed by atoms with Crippen LogP contribution < -0.4 is 0 Å². The molecule has 2 aliphatic rings. The molecule has 11 aromatic rings. The first-order chi connectivity index (χ1) is 30.1. The van der Waals surface area contributed by atoms with Crippen LogP contribution in [-0.4, -0.2) is 4.57 Å². The number of hydrogen-bond acceptors (Lipinski definition) is 2. The van der Waals surface area contributed by atoms with Crippen molar-refractivity contribution in [2.75, 3.05) is 0 Å². The summed E-state index contributed by atoms with van der Waals surface area (Å²) in [6.07, 6.45) is 5.95. The average Bonchev–Trinajstić information content (AvgIpc) is 4.04. The highest BCUT2D eigenvalue weighted by Crippen LogP contribution is 2.45. The minimum Gasteiger partial charge on any atom is -0.455 e. The molecule has 3 aromatic heterocycles. The van der Waals surface area contributed by atoms with Gasteiger partial charge in [-0.15, -0.1) is 0 Å². The molecule has 0 radical (unpaired) electrons. The fraction of sp³-hybridized carbons (Fsp3) is 0.138. The lowest BCUT2D eigenvalue weighted by Gasteiger charge is -2.23. The van der Waals surface area contributed by atoms with Crippen molar-refractivity contribution in [1.29, 1.82) is 0 Å². The second-order valence-electron chi connectivity index (χ2n) is 16.6. The van der Waals surface area contributed by atoms with Gasteiger partial charge in [-0.25, -0.2) is 0 Å². The van der Waals surface area contributed by atoms with Gasteiger partial charge in [0.25, 0.3) is 0 Å². The molecule has 0 bridgehead atoms. The predicted molar refractivity (Wildman–Crippen MR) is 257 cm³/mol. The van der Waals surface area contributed by atoms with Crippen LogP contribution in [0.15, 0.2) is 184 Å². The first kappa shape index (κ1) is 36.9. The van der Waals surface area contributed by atoms with Gasteiger partial charge in [-0.05, 0) is 108 Å². The Hall–Kier alpha value is -7.10. The van der Waals surface area contributed by atoms with Crippen LogP contribution in [0.4, 0.5) is 0 Å². The van der Waals surface area contributed by atoms with Crippen LogP contribution in [-0.2, 0) is 6.42 Å². The molecule has 0 N–H and O–H groups in total. The van der Waals surface area contributed by atoms with Gasteiger partial charge in [0, 0.05) is 38.2 Å². The van der Waals surface area contributed by atoms with Gasteiger partial charge in [-0.1, -0.05) is 159 Å². The van der Waals surface area contributed by atoms with Gasteiger partial charge in [0.05, 0.1) is 16.4 Å². The largest absolute Gasteiger partial charge is 0.455 e. The Labute approximate surface area is 356 Å². The maximum absolute atomic E-state index is 6.46. The van der Waals surface area contributed by atoms with Crippen LogP contribution in [0.5, 0.6) is 0 Å². The number of allylic oxidation sites excluding steroid dienone is 1. The van der Waals surface area contributed by atoms with Gasteiger partial charge in [-0.3, -0.25) is 0 Å². The molecular weight excluding hydrogens is 743 g/mol. The summed E-state index contributed by atoms with van der Waals surface area (Å²) < 4.78 is 15.0. The number of aryl methyl sites for hydroxylation is 1. The zero-order valence-corrected chi connectivity index (χ0v) is 35.0. The number of aromatic nitrogens is 1. The predicted octanol–water partition coefficient (Wildman–Crippen LogP) is 16.6. The van der Waals surface area contributed by atoms with Crippen LogP contribution in [0.2, 0.25) is 0 Å². The van der Waals surface area contributed by atoms with Gasteiger partial charge in [0.2, 0.25) is 0 Å². The minimum absolute atomic E-state index is 0.934. The average molecular weight is 790 g/mol. The third kappa shape index (κ3) is 6.18. The van der Waals surface area contributed by atoms with Crippen molar-refractivity contribution in [1.82, 2.24) is 4.57 Å². The van der Waals surface area contributed by atoms with Crippen LogP contribution >= 0.6 is 0 Å². The molecule has 0 spiro atoms. The lowest BCUT2D eigenvalue weighted by Crippen LogP contribution is -2.03. The summed E-state index contributed by atoms with van der Waals surface area (Å²) >= 11 is 0. The molecule has 8 aromatic carbocycles. The van der Waals surface area contributed by atoms with E-state index in [0.717, 1.165) is 34.4 Å². The summed E-state index contributed by atoms with van der Waals surface area (Å²) in [7, 11) is 0. The summed E-state index contributed by atoms with van der Waals surface area (Å²) in [6.45, 7) is 6.40. The molecule has 2 aliphatic carbocycles. The van der Waals surface area contributed by atoms with Crippen LogP contribution in [0.3, 0.4) is 0 Å². The molecule has 1 fully saturated rings. The Morgan fingerprint density at radius 1 is 0.508 bits per heavy atom. The molecule has 3 heterocycles. The highest BCUT2D eigenvalue weighted by Gasteiger charge is 2.24. The van der Waals surface area contributed by atoms with Crippen molar-refractivity contribution in [3.63, 3.8) is 0 Å². The maximum Gasteiger partial charge on any atom is 0.145 e. The van der Waals surface area contributed by atoms with E-state index in [1.54, 1.807) is 5.57 Å². The van der Waals surface area contributed by atoms with E-state index in [1.165, 1.54) is 114 Å². The number of nitrogens with zero attached hydrogens (tertiary/aromatic N) is 1. The van der Waals surface area contributed by atoms with Gasteiger partial charge in [-0.2, -0.15) is 0 Å². The monoisotopic (exact) mass is 789 g/mol. The maximum atomic E-state index is 6.46. The van der Waals surface area contributed by atoms with Crippen molar-refractivity contribution >= 4 is 71.3 Å². The normalized spacial score (nSPS) is 12.9. The van der Waals surface area contributed by atoms with E-state index in [0.29, 0.717) is 0 Å². The summed E-state index contributed by atoms with van der Waals surface area (Å²) in [5.74, 6) is 0. The highest BCUT2D eigenvalue weighted by molar-refractivity contribution is 6.23. The fourth-order valence-electron chi connectivity index (χ4n) is 9.58. The quantitative estimate of drug-likeness (QED) is 0.179. The van der Waals surface area contributed by atoms with E-state index in [-0.39, 0.29) is 0 Å². The lowest BCUT2D eigenvalue weighted by molar-refractivity contribution is 0.666. The third-order valence-electron chi connectivity index (χ3n) is 12.5. The number of hydrogen-bond donors (Lipinski definition) is 0. The summed E-state index contributed by atoms with van der Waals surface area (Å²) in [5, 5.41) is 7.15. The van der Waals surface area contributed by atoms with Crippen molar-refractivity contribution in [2.45, 2.75) is 52.9 Å². The van der Waals surface area contributed by atoms with E-state index in [2.05, 4.69) is 177 Å². The Balaban J connectivity index is 0.000000152. The van der Waals surface area contributed by atoms with Crippen molar-refractivity contribution in [3.05, 3.63) is 203 Å². The first-order valence-electron chi connectivity index (χ1n) is 21.8. The van der Waals surface area contributed by atoms with E-state index in [9.17, 15) is 0 Å². The molecule has 0 amide bonds. The molecule has 3 heteroatoms. The molecule has 0 aliphatic heterocycles. The van der Waals surface area contributed by atoms with Crippen molar-refractivity contribution in [2.24, 2.45) is 0 Å². The Bertz CT molecular complexity index is 3460. The Morgan fingerprint density at radius 2 is 1.08 bits per heavy atom. The van der Waals surface area contributed by atoms with Crippen LogP contribution in [0.25, 0.3) is 88.1 Å². The van der Waals surface area contributed by atoms with Crippen LogP contribution in [0.1, 0.15) is 67.3 Å². The van der Waals surface area contributed by atoms with Gasteiger partial charge >= 0.3 is 0 Å². The van der Waals surface area contributed by atoms with Crippen molar-refractivity contribution in [3.8, 4) is 16.8 Å². The van der Waals surface area contributed by atoms with Gasteiger partial charge in [0.15, 0.2) is 0 Å². The molecule has 1 saturated carbocycles. The number of benzene rings is 8. The first-order valence-corrected chi connectivity index (χ1v) is 21.8. The summed E-state index contributed by atoms with van der Waals surface area (Å²) in [4.78, 5) is 0. The second-order valence-corrected chi connectivity index (χ2v) is 16.6. The minimum atomic E-state index is 0.934. The smallest absolute Gasteiger partial charge is 0.145 e. The molecule has 0 atom stereocenters. The number of para-hydroxylation sites is 3. The summed E-state index contributed by atoms with van der Waals surface area (Å²) in [6, 6.07) is 61.0. The zero-order chi connectivity index (χ0) is 41.0. The highest BCUT2D eigenvalue weighted by atomic mass is 16.3. The Morgan fingerprint density at radius 3 is 1.77 bits per heavy atom. The zero-order valence-electron chi connectivity index (χ0n) is 35.0. The molecule has 0 saturated heterocycles. The Kier molecular flexibility index (Phi) is 9.19. The standard InChI is InChI=1S/C36H27NO.C19H12O.C3H8/c1-23-13-15-25(16-14-23)34(24-7-6-8-24)26-17-19-27(20-18-26)37-31-11-4-2-10-30(31)35-32(37)22-21-29-28-9-3-5-12-33(28)38-36(29)35;1-2-6-14-12(5-1)11-13-9-10-16-15-7-3-4-8-17(15)20-19(16)18(13)14;1-3-2/h2-5,9-22H,6-8H2,1H3;1-10H,11H2;3H2,1-2H3. The SMILES string of the molecule is CCC.Cc1ccc(C(=C2CCC2)c2ccc(-n3c4ccccc4c4c5oc6ccccc6c5ccc43)cc2)cc1.c1ccc2c(c1)Cc1ccc3c(oc4ccccc43)c1-2. The van der Waals surface area contributed by atoms with E-state index in [4.69, 9.17) is 8.83 Å².